The molecule has 0 N–H and O–H groups in total. The molecule has 8 nitrogen and oxygen atoms in total. The van der Waals surface area contributed by atoms with E-state index in [1.54, 1.807) is 36.3 Å². The number of ether oxygens (including phenoxy) is 3. The molecule has 4 rings (SSSR count). The van der Waals surface area contributed by atoms with E-state index in [0.717, 1.165) is 29.7 Å². The first kappa shape index (κ1) is 26.2. The fourth-order valence-corrected chi connectivity index (χ4v) is 5.04. The number of methoxy groups -OCH3 is 1. The number of hydrogen-bond acceptors (Lipinski definition) is 7. The first-order valence-electron chi connectivity index (χ1n) is 12.2. The van der Waals surface area contributed by atoms with Crippen molar-refractivity contribution in [2.24, 2.45) is 0 Å². The van der Waals surface area contributed by atoms with Crippen LogP contribution in [0.2, 0.25) is 0 Å². The number of carbonyl (C=O) groups is 1. The Bertz CT molecular complexity index is 1460. The molecule has 1 fully saturated rings. The highest BCUT2D eigenvalue weighted by molar-refractivity contribution is 7.07. The molecule has 1 aromatic heterocycles. The van der Waals surface area contributed by atoms with Gasteiger partial charge in [-0.25, -0.2) is 0 Å². The number of amides is 1. The SMILES string of the molecule is CCCCOc1ccc(/C=c2/s/c(=C(/C#N)C(=O)N3CCOCC3)n(-c3ccccc3)c2=O)cc1OC. The lowest BCUT2D eigenvalue weighted by molar-refractivity contribution is -0.128. The van der Waals surface area contributed by atoms with E-state index in [9.17, 15) is 14.9 Å². The topological polar surface area (TPSA) is 93.8 Å². The first-order valence-corrected chi connectivity index (χ1v) is 13.0. The standard InChI is InChI=1S/C28H29N3O5S/c1-3-4-14-36-23-11-10-20(17-24(23)34-2)18-25-27(33)31(21-8-6-5-7-9-21)28(37-25)22(19-29)26(32)30-12-15-35-16-13-30/h5-11,17-18H,3-4,12-16H2,1-2H3/b25-18+,28-22-. The molecule has 0 atom stereocenters. The summed E-state index contributed by atoms with van der Waals surface area (Å²) in [5, 5.41) is 10.0. The molecule has 0 radical (unpaired) electrons. The van der Waals surface area contributed by atoms with Gasteiger partial charge in [0.25, 0.3) is 11.5 Å². The molecule has 2 heterocycles. The quantitative estimate of drug-likeness (QED) is 0.425. The summed E-state index contributed by atoms with van der Waals surface area (Å²) in [6, 6.07) is 16.6. The smallest absolute Gasteiger partial charge is 0.273 e. The summed E-state index contributed by atoms with van der Waals surface area (Å²) in [6.07, 6.45) is 3.70. The van der Waals surface area contributed by atoms with Crippen LogP contribution in [0.5, 0.6) is 11.5 Å². The number of aromatic nitrogens is 1. The highest BCUT2D eigenvalue weighted by Gasteiger charge is 2.24. The lowest BCUT2D eigenvalue weighted by Crippen LogP contribution is -2.42. The van der Waals surface area contributed by atoms with Crippen molar-refractivity contribution in [3.8, 4) is 23.3 Å². The van der Waals surface area contributed by atoms with E-state index in [-0.39, 0.29) is 11.1 Å². The van der Waals surface area contributed by atoms with Crippen molar-refractivity contribution < 1.29 is 19.0 Å². The van der Waals surface area contributed by atoms with Gasteiger partial charge in [0.15, 0.2) is 17.1 Å². The third kappa shape index (κ3) is 5.93. The Hall–Kier alpha value is -3.87. The molecule has 0 unspecified atom stereocenters. The number of hydrogen-bond donors (Lipinski definition) is 0. The Morgan fingerprint density at radius 1 is 1.16 bits per heavy atom. The molecule has 0 bridgehead atoms. The van der Waals surface area contributed by atoms with Crippen molar-refractivity contribution in [2.45, 2.75) is 19.8 Å². The van der Waals surface area contributed by atoms with Crippen molar-refractivity contribution >= 4 is 28.9 Å². The molecule has 37 heavy (non-hydrogen) atoms. The monoisotopic (exact) mass is 519 g/mol. The Morgan fingerprint density at radius 2 is 1.92 bits per heavy atom. The van der Waals surface area contributed by atoms with Crippen LogP contribution < -0.4 is 24.2 Å². The Kier molecular flexibility index (Phi) is 8.77. The van der Waals surface area contributed by atoms with E-state index >= 15 is 0 Å². The molecule has 1 saturated heterocycles. The molecular formula is C28H29N3O5S. The average molecular weight is 520 g/mol. The number of benzene rings is 2. The number of unbranched alkanes of at least 4 members (excludes halogenated alkanes) is 1. The summed E-state index contributed by atoms with van der Waals surface area (Å²) >= 11 is 1.12. The molecule has 1 amide bonds. The van der Waals surface area contributed by atoms with Crippen LogP contribution in [0.3, 0.4) is 0 Å². The fraction of sp³-hybridized carbons (Fsp3) is 0.321. The summed E-state index contributed by atoms with van der Waals surface area (Å²) in [7, 11) is 1.57. The Balaban J connectivity index is 1.86. The molecule has 3 aromatic rings. The lowest BCUT2D eigenvalue weighted by Gasteiger charge is -2.26. The predicted molar refractivity (Wildman–Crippen MR) is 143 cm³/mol. The molecule has 9 heteroatoms. The van der Waals surface area contributed by atoms with Crippen LogP contribution >= 0.6 is 11.3 Å². The zero-order chi connectivity index (χ0) is 26.2. The van der Waals surface area contributed by atoms with Crippen molar-refractivity contribution in [3.63, 3.8) is 0 Å². The minimum absolute atomic E-state index is 0.0650. The number of nitrogens with zero attached hydrogens (tertiary/aromatic N) is 3. The van der Waals surface area contributed by atoms with E-state index in [1.165, 1.54) is 4.57 Å². The fourth-order valence-electron chi connectivity index (χ4n) is 3.94. The highest BCUT2D eigenvalue weighted by Crippen LogP contribution is 2.28. The van der Waals surface area contributed by atoms with Crippen LogP contribution in [0.15, 0.2) is 53.3 Å². The van der Waals surface area contributed by atoms with E-state index in [2.05, 4.69) is 13.0 Å². The van der Waals surface area contributed by atoms with E-state index in [1.807, 2.05) is 30.3 Å². The summed E-state index contributed by atoms with van der Waals surface area (Å²) in [6.45, 7) is 4.32. The third-order valence-corrected chi connectivity index (χ3v) is 7.01. The van der Waals surface area contributed by atoms with Gasteiger partial charge in [-0.3, -0.25) is 14.2 Å². The number of para-hydroxylation sites is 1. The van der Waals surface area contributed by atoms with Gasteiger partial charge in [0.2, 0.25) is 0 Å². The second-order valence-electron chi connectivity index (χ2n) is 8.40. The van der Waals surface area contributed by atoms with Gasteiger partial charge in [0.05, 0.1) is 37.2 Å². The van der Waals surface area contributed by atoms with Gasteiger partial charge in [-0.05, 0) is 42.3 Å². The number of rotatable bonds is 8. The van der Waals surface area contributed by atoms with Crippen LogP contribution in [0.4, 0.5) is 0 Å². The number of morpholine rings is 1. The molecule has 0 spiro atoms. The molecule has 1 aliphatic rings. The largest absolute Gasteiger partial charge is 0.493 e. The number of thiazole rings is 1. The van der Waals surface area contributed by atoms with Gasteiger partial charge < -0.3 is 19.1 Å². The van der Waals surface area contributed by atoms with E-state index < -0.39 is 5.91 Å². The minimum atomic E-state index is -0.404. The van der Waals surface area contributed by atoms with E-state index in [4.69, 9.17) is 14.2 Å². The summed E-state index contributed by atoms with van der Waals surface area (Å²) in [4.78, 5) is 28.5. The van der Waals surface area contributed by atoms with Crippen LogP contribution in [0.25, 0.3) is 17.3 Å². The minimum Gasteiger partial charge on any atom is -0.493 e. The molecule has 192 valence electrons. The van der Waals surface area contributed by atoms with Crippen molar-refractivity contribution in [1.29, 1.82) is 5.26 Å². The molecule has 0 saturated carbocycles. The second-order valence-corrected chi connectivity index (χ2v) is 9.43. The second kappa shape index (κ2) is 12.4. The van der Waals surface area contributed by atoms with Crippen molar-refractivity contribution in [2.75, 3.05) is 40.0 Å². The summed E-state index contributed by atoms with van der Waals surface area (Å²) in [5.41, 5.74) is 0.946. The summed E-state index contributed by atoms with van der Waals surface area (Å²) < 4.78 is 18.8. The van der Waals surface area contributed by atoms with Crippen LogP contribution in [0, 0.1) is 11.3 Å². The maximum Gasteiger partial charge on any atom is 0.273 e. The Morgan fingerprint density at radius 3 is 2.59 bits per heavy atom. The Labute approximate surface area is 219 Å². The van der Waals surface area contributed by atoms with E-state index in [0.29, 0.717) is 59.3 Å². The maximum absolute atomic E-state index is 13.6. The van der Waals surface area contributed by atoms with Gasteiger partial charge in [0, 0.05) is 13.1 Å². The lowest BCUT2D eigenvalue weighted by atomic mass is 10.2. The van der Waals surface area contributed by atoms with Gasteiger partial charge in [0.1, 0.15) is 10.7 Å². The first-order chi connectivity index (χ1) is 18.1. The zero-order valence-corrected chi connectivity index (χ0v) is 21.8. The number of carbonyl (C=O) groups excluding carboxylic acids is 1. The summed E-state index contributed by atoms with van der Waals surface area (Å²) in [5.74, 6) is 0.799. The van der Waals surface area contributed by atoms with Crippen LogP contribution in [-0.4, -0.2) is 55.4 Å². The molecular weight excluding hydrogens is 490 g/mol. The van der Waals surface area contributed by atoms with Crippen molar-refractivity contribution in [1.82, 2.24) is 9.47 Å². The zero-order valence-electron chi connectivity index (χ0n) is 20.9. The van der Waals surface area contributed by atoms with Crippen LogP contribution in [0.1, 0.15) is 25.3 Å². The average Bonchev–Trinajstić information content (AvgIpc) is 3.25. The van der Waals surface area contributed by atoms with Crippen LogP contribution in [-0.2, 0) is 9.53 Å². The van der Waals surface area contributed by atoms with Crippen molar-refractivity contribution in [3.05, 3.63) is 73.6 Å². The van der Waals surface area contributed by atoms with Gasteiger partial charge in [-0.1, -0.05) is 37.6 Å². The maximum atomic E-state index is 13.6. The molecule has 2 aromatic carbocycles. The highest BCUT2D eigenvalue weighted by atomic mass is 32.1. The number of nitriles is 1. The third-order valence-electron chi connectivity index (χ3n) is 5.92. The molecule has 0 aliphatic carbocycles. The van der Waals surface area contributed by atoms with Gasteiger partial charge in [-0.15, -0.1) is 11.3 Å². The predicted octanol–water partition coefficient (Wildman–Crippen LogP) is 2.45. The normalized spacial score (nSPS) is 14.7. The van der Waals surface area contributed by atoms with Gasteiger partial charge in [-0.2, -0.15) is 5.26 Å². The molecule has 1 aliphatic heterocycles. The van der Waals surface area contributed by atoms with Gasteiger partial charge >= 0.3 is 0 Å².